The molecule has 1 aliphatic carbocycles. The monoisotopic (exact) mass is 269 g/mol. The van der Waals surface area contributed by atoms with Gasteiger partial charge in [-0.25, -0.2) is 4.98 Å². The molecule has 1 aromatic carbocycles. The standard InChI is InChI=1S/C16H19N3O/c1-17-9-14-10-19-16(11-18-14)20-15-7-6-12-4-2-3-5-13(12)8-15/h6-8,10-11,17H,2-5,9H2,1H3. The molecule has 1 N–H and O–H groups in total. The summed E-state index contributed by atoms with van der Waals surface area (Å²) in [5.74, 6) is 1.39. The van der Waals surface area contributed by atoms with Gasteiger partial charge in [-0.2, -0.15) is 0 Å². The zero-order valence-electron chi connectivity index (χ0n) is 11.7. The Kier molecular flexibility index (Phi) is 3.92. The molecule has 0 bridgehead atoms. The predicted octanol–water partition coefficient (Wildman–Crippen LogP) is 2.87. The van der Waals surface area contributed by atoms with Crippen LogP contribution in [0.15, 0.2) is 30.6 Å². The zero-order chi connectivity index (χ0) is 13.8. The summed E-state index contributed by atoms with van der Waals surface area (Å²) in [6.07, 6.45) is 8.32. The van der Waals surface area contributed by atoms with Crippen LogP contribution in [0.3, 0.4) is 0 Å². The molecule has 0 saturated carbocycles. The van der Waals surface area contributed by atoms with Crippen LogP contribution in [-0.4, -0.2) is 17.0 Å². The summed E-state index contributed by atoms with van der Waals surface area (Å²) in [6.45, 7) is 0.714. The van der Waals surface area contributed by atoms with Gasteiger partial charge in [0, 0.05) is 6.54 Å². The minimum absolute atomic E-state index is 0.542. The zero-order valence-corrected chi connectivity index (χ0v) is 11.7. The van der Waals surface area contributed by atoms with Gasteiger partial charge in [0.2, 0.25) is 5.88 Å². The van der Waals surface area contributed by atoms with Gasteiger partial charge in [0.05, 0.1) is 18.1 Å². The van der Waals surface area contributed by atoms with Crippen LogP contribution >= 0.6 is 0 Å². The van der Waals surface area contributed by atoms with Crippen molar-refractivity contribution in [1.82, 2.24) is 15.3 Å². The van der Waals surface area contributed by atoms with E-state index in [9.17, 15) is 0 Å². The van der Waals surface area contributed by atoms with Gasteiger partial charge in [-0.3, -0.25) is 4.98 Å². The summed E-state index contributed by atoms with van der Waals surface area (Å²) in [6, 6.07) is 6.33. The van der Waals surface area contributed by atoms with Crippen LogP contribution in [-0.2, 0) is 19.4 Å². The van der Waals surface area contributed by atoms with Gasteiger partial charge in [0.15, 0.2) is 0 Å². The van der Waals surface area contributed by atoms with Gasteiger partial charge in [0.1, 0.15) is 5.75 Å². The Labute approximate surface area is 119 Å². The molecule has 0 amide bonds. The first-order chi connectivity index (χ1) is 9.85. The third-order valence-corrected chi connectivity index (χ3v) is 3.58. The average molecular weight is 269 g/mol. The molecule has 3 rings (SSSR count). The third kappa shape index (κ3) is 2.96. The molecule has 0 radical (unpaired) electrons. The Hall–Kier alpha value is -1.94. The fraction of sp³-hybridized carbons (Fsp3) is 0.375. The first kappa shape index (κ1) is 13.1. The molecular formula is C16H19N3O. The van der Waals surface area contributed by atoms with Crippen molar-refractivity contribution < 1.29 is 4.74 Å². The lowest BCUT2D eigenvalue weighted by Gasteiger charge is -2.16. The van der Waals surface area contributed by atoms with Crippen molar-refractivity contribution in [2.45, 2.75) is 32.2 Å². The molecule has 0 aliphatic heterocycles. The maximum absolute atomic E-state index is 5.78. The van der Waals surface area contributed by atoms with E-state index in [1.807, 2.05) is 13.1 Å². The van der Waals surface area contributed by atoms with Crippen LogP contribution in [0, 0.1) is 0 Å². The molecule has 1 aromatic heterocycles. The first-order valence-corrected chi connectivity index (χ1v) is 7.10. The van der Waals surface area contributed by atoms with Crippen molar-refractivity contribution in [1.29, 1.82) is 0 Å². The summed E-state index contributed by atoms with van der Waals surface area (Å²) in [4.78, 5) is 8.58. The Balaban J connectivity index is 1.73. The van der Waals surface area contributed by atoms with E-state index in [2.05, 4.69) is 27.4 Å². The molecule has 0 saturated heterocycles. The van der Waals surface area contributed by atoms with Crippen molar-refractivity contribution >= 4 is 0 Å². The van der Waals surface area contributed by atoms with E-state index < -0.39 is 0 Å². The number of hydrogen-bond acceptors (Lipinski definition) is 4. The van der Waals surface area contributed by atoms with Crippen molar-refractivity contribution in [3.05, 3.63) is 47.4 Å². The highest BCUT2D eigenvalue weighted by atomic mass is 16.5. The Morgan fingerprint density at radius 2 is 1.95 bits per heavy atom. The number of benzene rings is 1. The van der Waals surface area contributed by atoms with Crippen molar-refractivity contribution in [3.8, 4) is 11.6 Å². The molecule has 20 heavy (non-hydrogen) atoms. The number of fused-ring (bicyclic) bond motifs is 1. The Morgan fingerprint density at radius 1 is 1.10 bits per heavy atom. The quantitative estimate of drug-likeness (QED) is 0.927. The van der Waals surface area contributed by atoms with E-state index in [1.54, 1.807) is 12.4 Å². The maximum atomic E-state index is 5.78. The smallest absolute Gasteiger partial charge is 0.237 e. The number of rotatable bonds is 4. The van der Waals surface area contributed by atoms with E-state index in [4.69, 9.17) is 4.74 Å². The van der Waals surface area contributed by atoms with Crippen LogP contribution in [0.4, 0.5) is 0 Å². The number of aryl methyl sites for hydroxylation is 2. The molecular weight excluding hydrogens is 250 g/mol. The molecule has 0 fully saturated rings. The van der Waals surface area contributed by atoms with Crippen LogP contribution in [0.25, 0.3) is 0 Å². The van der Waals surface area contributed by atoms with Gasteiger partial charge < -0.3 is 10.1 Å². The number of nitrogens with one attached hydrogen (secondary N) is 1. The lowest BCUT2D eigenvalue weighted by Crippen LogP contribution is -2.07. The van der Waals surface area contributed by atoms with Crippen LogP contribution in [0.1, 0.15) is 29.7 Å². The highest BCUT2D eigenvalue weighted by Crippen LogP contribution is 2.27. The minimum atomic E-state index is 0.542. The lowest BCUT2D eigenvalue weighted by atomic mass is 9.92. The van der Waals surface area contributed by atoms with Crippen LogP contribution < -0.4 is 10.1 Å². The van der Waals surface area contributed by atoms with Gasteiger partial charge >= 0.3 is 0 Å². The van der Waals surface area contributed by atoms with E-state index in [0.29, 0.717) is 12.4 Å². The van der Waals surface area contributed by atoms with Crippen molar-refractivity contribution in [3.63, 3.8) is 0 Å². The third-order valence-electron chi connectivity index (χ3n) is 3.58. The van der Waals surface area contributed by atoms with E-state index in [0.717, 1.165) is 17.9 Å². The average Bonchev–Trinajstić information content (AvgIpc) is 2.49. The molecule has 0 spiro atoms. The number of aromatic nitrogens is 2. The fourth-order valence-electron chi connectivity index (χ4n) is 2.56. The molecule has 4 nitrogen and oxygen atoms in total. The summed E-state index contributed by atoms with van der Waals surface area (Å²) in [5, 5.41) is 3.04. The lowest BCUT2D eigenvalue weighted by molar-refractivity contribution is 0.457. The first-order valence-electron chi connectivity index (χ1n) is 7.10. The highest BCUT2D eigenvalue weighted by Gasteiger charge is 2.10. The van der Waals surface area contributed by atoms with E-state index in [1.165, 1.54) is 30.4 Å². The van der Waals surface area contributed by atoms with Gasteiger partial charge in [0.25, 0.3) is 0 Å². The number of hydrogen-bond donors (Lipinski definition) is 1. The van der Waals surface area contributed by atoms with Crippen molar-refractivity contribution in [2.24, 2.45) is 0 Å². The second kappa shape index (κ2) is 6.01. The van der Waals surface area contributed by atoms with Gasteiger partial charge in [-0.1, -0.05) is 6.07 Å². The minimum Gasteiger partial charge on any atom is -0.437 e. The molecule has 0 atom stereocenters. The van der Waals surface area contributed by atoms with E-state index >= 15 is 0 Å². The predicted molar refractivity (Wildman–Crippen MR) is 78.0 cm³/mol. The summed E-state index contributed by atoms with van der Waals surface area (Å²) >= 11 is 0. The SMILES string of the molecule is CNCc1cnc(Oc2ccc3c(c2)CCCC3)cn1. The second-order valence-electron chi connectivity index (χ2n) is 5.12. The number of nitrogens with zero attached hydrogens (tertiary/aromatic N) is 2. The normalized spacial score (nSPS) is 13.8. The topological polar surface area (TPSA) is 47.0 Å². The van der Waals surface area contributed by atoms with Crippen molar-refractivity contribution in [2.75, 3.05) is 7.05 Å². The van der Waals surface area contributed by atoms with E-state index in [-0.39, 0.29) is 0 Å². The molecule has 104 valence electrons. The molecule has 4 heteroatoms. The number of ether oxygens (including phenoxy) is 1. The Morgan fingerprint density at radius 3 is 2.70 bits per heavy atom. The fourth-order valence-corrected chi connectivity index (χ4v) is 2.56. The summed E-state index contributed by atoms with van der Waals surface area (Å²) < 4.78 is 5.78. The van der Waals surface area contributed by atoms with Gasteiger partial charge in [-0.15, -0.1) is 0 Å². The summed E-state index contributed by atoms with van der Waals surface area (Å²) in [5.41, 5.74) is 3.78. The maximum Gasteiger partial charge on any atom is 0.237 e. The van der Waals surface area contributed by atoms with Crippen LogP contribution in [0.2, 0.25) is 0 Å². The molecule has 0 unspecified atom stereocenters. The molecule has 2 aromatic rings. The molecule has 1 heterocycles. The highest BCUT2D eigenvalue weighted by molar-refractivity contribution is 5.38. The summed E-state index contributed by atoms with van der Waals surface area (Å²) in [7, 11) is 1.89. The molecule has 1 aliphatic rings. The second-order valence-corrected chi connectivity index (χ2v) is 5.12. The van der Waals surface area contributed by atoms with Gasteiger partial charge in [-0.05, 0) is 56.0 Å². The largest absolute Gasteiger partial charge is 0.437 e. The Bertz CT molecular complexity index is 581. The van der Waals surface area contributed by atoms with Crippen LogP contribution in [0.5, 0.6) is 11.6 Å².